The number of aromatic nitrogens is 4. The highest BCUT2D eigenvalue weighted by Gasteiger charge is 2.16. The summed E-state index contributed by atoms with van der Waals surface area (Å²) >= 11 is 0. The summed E-state index contributed by atoms with van der Waals surface area (Å²) in [5, 5.41) is 9.11. The zero-order chi connectivity index (χ0) is 22.0. The van der Waals surface area contributed by atoms with Gasteiger partial charge in [0.15, 0.2) is 17.4 Å². The molecule has 0 saturated heterocycles. The fourth-order valence-corrected chi connectivity index (χ4v) is 2.76. The average Bonchev–Trinajstić information content (AvgIpc) is 3.10. The number of guanidine groups is 1. The summed E-state index contributed by atoms with van der Waals surface area (Å²) in [7, 11) is 0. The van der Waals surface area contributed by atoms with Gasteiger partial charge in [-0.15, -0.1) is 0 Å². The number of nitrogen functional groups attached to an aromatic ring is 1. The minimum atomic E-state index is -0.0707. The van der Waals surface area contributed by atoms with Crippen molar-refractivity contribution in [3.8, 4) is 29.5 Å². The first-order valence-electron chi connectivity index (χ1n) is 9.00. The Kier molecular flexibility index (Phi) is 4.95. The number of nitriles is 1. The molecule has 0 radical (unpaired) electrons. The Morgan fingerprint density at radius 1 is 1.10 bits per heavy atom. The summed E-state index contributed by atoms with van der Waals surface area (Å²) < 4.78 is 11.7. The van der Waals surface area contributed by atoms with Gasteiger partial charge in [0.25, 0.3) is 5.88 Å². The second kappa shape index (κ2) is 7.88. The molecule has 4 aromatic rings. The molecule has 31 heavy (non-hydrogen) atoms. The summed E-state index contributed by atoms with van der Waals surface area (Å²) in [5.74, 6) is 1.40. The van der Waals surface area contributed by atoms with E-state index in [9.17, 15) is 0 Å². The van der Waals surface area contributed by atoms with Crippen molar-refractivity contribution >= 4 is 28.5 Å². The number of hydrogen-bond acceptors (Lipinski definition) is 8. The molecule has 0 fully saturated rings. The maximum Gasteiger partial charge on any atom is 0.327 e. The highest BCUT2D eigenvalue weighted by molar-refractivity contribution is 5.79. The number of benzene rings is 2. The van der Waals surface area contributed by atoms with E-state index in [2.05, 4.69) is 24.9 Å². The van der Waals surface area contributed by atoms with Gasteiger partial charge in [-0.3, -0.25) is 0 Å². The van der Waals surface area contributed by atoms with Gasteiger partial charge < -0.3 is 31.7 Å². The normalized spacial score (nSPS) is 10.5. The second-order valence-corrected chi connectivity index (χ2v) is 6.43. The standard InChI is InChI=1S/C20H17N9O2/c1-10-25-16-17(26-10)28-20(31-15-7-11(9-21)5-6-14(15)22)29-18(16)30-13-4-2-3-12(8-13)27-19(23)24/h2-8H,22H2,1H3,(H4,23,24,27)(H,25,26,28,29). The van der Waals surface area contributed by atoms with Gasteiger partial charge in [-0.2, -0.15) is 15.2 Å². The molecule has 0 saturated carbocycles. The van der Waals surface area contributed by atoms with Crippen LogP contribution in [-0.2, 0) is 0 Å². The molecule has 11 heteroatoms. The van der Waals surface area contributed by atoms with Crippen LogP contribution in [0.25, 0.3) is 11.2 Å². The molecule has 0 bridgehead atoms. The van der Waals surface area contributed by atoms with Crippen molar-refractivity contribution in [1.82, 2.24) is 19.9 Å². The molecule has 7 N–H and O–H groups in total. The monoisotopic (exact) mass is 415 g/mol. The number of aryl methyl sites for hydroxylation is 1. The van der Waals surface area contributed by atoms with Crippen LogP contribution in [0, 0.1) is 18.3 Å². The molecular weight excluding hydrogens is 398 g/mol. The lowest BCUT2D eigenvalue weighted by atomic mass is 10.2. The molecule has 154 valence electrons. The number of nitrogens with zero attached hydrogens (tertiary/aromatic N) is 5. The first-order valence-corrected chi connectivity index (χ1v) is 9.00. The number of nitrogens with one attached hydrogen (secondary N) is 1. The Morgan fingerprint density at radius 2 is 1.94 bits per heavy atom. The lowest BCUT2D eigenvalue weighted by Gasteiger charge is -2.10. The van der Waals surface area contributed by atoms with Crippen LogP contribution in [0.4, 0.5) is 11.4 Å². The minimum Gasteiger partial charge on any atom is -0.437 e. The summed E-state index contributed by atoms with van der Waals surface area (Å²) in [6.07, 6.45) is 0. The molecule has 0 amide bonds. The van der Waals surface area contributed by atoms with E-state index in [-0.39, 0.29) is 23.6 Å². The summed E-state index contributed by atoms with van der Waals surface area (Å²) in [4.78, 5) is 20.0. The van der Waals surface area contributed by atoms with Crippen LogP contribution in [0.5, 0.6) is 23.4 Å². The number of H-pyrrole nitrogens is 1. The number of nitrogens with two attached hydrogens (primary N) is 3. The van der Waals surface area contributed by atoms with Crippen LogP contribution in [0.3, 0.4) is 0 Å². The molecule has 0 spiro atoms. The third-order valence-corrected chi connectivity index (χ3v) is 4.05. The van der Waals surface area contributed by atoms with Crippen LogP contribution in [0.2, 0.25) is 0 Å². The third-order valence-electron chi connectivity index (χ3n) is 4.05. The van der Waals surface area contributed by atoms with E-state index in [1.54, 1.807) is 43.3 Å². The van der Waals surface area contributed by atoms with E-state index in [0.29, 0.717) is 39.7 Å². The van der Waals surface area contributed by atoms with E-state index in [4.69, 9.17) is 31.9 Å². The van der Waals surface area contributed by atoms with Crippen molar-refractivity contribution < 1.29 is 9.47 Å². The van der Waals surface area contributed by atoms with E-state index >= 15 is 0 Å². The number of imidazole rings is 1. The molecule has 0 atom stereocenters. The molecular formula is C20H17N9O2. The van der Waals surface area contributed by atoms with Crippen LogP contribution in [-0.4, -0.2) is 25.9 Å². The van der Waals surface area contributed by atoms with E-state index in [0.717, 1.165) is 0 Å². The Labute approximate surface area is 176 Å². The summed E-state index contributed by atoms with van der Waals surface area (Å²) in [6, 6.07) is 13.5. The van der Waals surface area contributed by atoms with Crippen LogP contribution in [0.15, 0.2) is 47.5 Å². The second-order valence-electron chi connectivity index (χ2n) is 6.43. The topological polar surface area (TPSA) is 187 Å². The molecule has 4 rings (SSSR count). The van der Waals surface area contributed by atoms with Crippen molar-refractivity contribution in [3.05, 3.63) is 53.9 Å². The highest BCUT2D eigenvalue weighted by Crippen LogP contribution is 2.32. The van der Waals surface area contributed by atoms with Crippen molar-refractivity contribution in [2.24, 2.45) is 16.5 Å². The Morgan fingerprint density at radius 3 is 2.71 bits per heavy atom. The van der Waals surface area contributed by atoms with E-state index in [1.165, 1.54) is 6.07 Å². The van der Waals surface area contributed by atoms with Gasteiger partial charge >= 0.3 is 6.01 Å². The molecule has 0 aliphatic carbocycles. The quantitative estimate of drug-likeness (QED) is 0.216. The molecule has 0 aliphatic rings. The summed E-state index contributed by atoms with van der Waals surface area (Å²) in [6.45, 7) is 1.78. The van der Waals surface area contributed by atoms with E-state index in [1.807, 2.05) is 6.07 Å². The van der Waals surface area contributed by atoms with Gasteiger partial charge in [-0.25, -0.2) is 9.98 Å². The average molecular weight is 415 g/mol. The predicted octanol–water partition coefficient (Wildman–Crippen LogP) is 2.60. The lowest BCUT2D eigenvalue weighted by molar-refractivity contribution is 0.417. The zero-order valence-electron chi connectivity index (χ0n) is 16.3. The number of aromatic amines is 1. The minimum absolute atomic E-state index is 0.0452. The van der Waals surface area contributed by atoms with Crippen LogP contribution >= 0.6 is 0 Å². The Bertz CT molecular complexity index is 1350. The molecule has 2 heterocycles. The third kappa shape index (κ3) is 4.28. The van der Waals surface area contributed by atoms with Crippen molar-refractivity contribution in [3.63, 3.8) is 0 Å². The number of aliphatic imine (C=N–C) groups is 1. The number of rotatable bonds is 5. The molecule has 11 nitrogen and oxygen atoms in total. The smallest absolute Gasteiger partial charge is 0.327 e. The Hall–Kier alpha value is -4.85. The maximum atomic E-state index is 9.11. The van der Waals surface area contributed by atoms with Gasteiger partial charge in [0.2, 0.25) is 0 Å². The van der Waals surface area contributed by atoms with Gasteiger partial charge in [-0.05, 0) is 31.2 Å². The number of ether oxygens (including phenoxy) is 2. The van der Waals surface area contributed by atoms with Gasteiger partial charge in [0.1, 0.15) is 17.1 Å². The van der Waals surface area contributed by atoms with Crippen molar-refractivity contribution in [2.45, 2.75) is 6.92 Å². The van der Waals surface area contributed by atoms with Gasteiger partial charge in [-0.1, -0.05) is 6.07 Å². The fourth-order valence-electron chi connectivity index (χ4n) is 2.76. The van der Waals surface area contributed by atoms with E-state index < -0.39 is 0 Å². The Balaban J connectivity index is 1.74. The summed E-state index contributed by atoms with van der Waals surface area (Å²) in [5.41, 5.74) is 18.9. The maximum absolute atomic E-state index is 9.11. The molecule has 2 aromatic heterocycles. The highest BCUT2D eigenvalue weighted by atomic mass is 16.5. The fraction of sp³-hybridized carbons (Fsp3) is 0.0500. The van der Waals surface area contributed by atoms with Crippen molar-refractivity contribution in [2.75, 3.05) is 5.73 Å². The molecule has 2 aromatic carbocycles. The number of hydrogen-bond donors (Lipinski definition) is 4. The molecule has 0 unspecified atom stereocenters. The largest absolute Gasteiger partial charge is 0.437 e. The van der Waals surface area contributed by atoms with Crippen LogP contribution in [0.1, 0.15) is 11.4 Å². The zero-order valence-corrected chi connectivity index (χ0v) is 16.3. The first kappa shape index (κ1) is 19.5. The van der Waals surface area contributed by atoms with Crippen LogP contribution < -0.4 is 26.7 Å². The van der Waals surface area contributed by atoms with Gasteiger partial charge in [0, 0.05) is 12.1 Å². The first-order chi connectivity index (χ1) is 14.9. The molecule has 0 aliphatic heterocycles. The SMILES string of the molecule is Cc1nc2nc(Oc3cc(C#N)ccc3N)nc(Oc3cccc(N=C(N)N)c3)c2[nH]1. The number of anilines is 1. The predicted molar refractivity (Wildman–Crippen MR) is 114 cm³/mol. The lowest BCUT2D eigenvalue weighted by Crippen LogP contribution is -2.21. The van der Waals surface area contributed by atoms with Gasteiger partial charge in [0.05, 0.1) is 23.0 Å². The number of fused-ring (bicyclic) bond motifs is 1. The van der Waals surface area contributed by atoms with Crippen molar-refractivity contribution in [1.29, 1.82) is 5.26 Å².